The molecule has 0 fully saturated rings. The van der Waals surface area contributed by atoms with Crippen molar-refractivity contribution < 1.29 is 13.9 Å². The third kappa shape index (κ3) is 1.89. The predicted octanol–water partition coefficient (Wildman–Crippen LogP) is 2.41. The van der Waals surface area contributed by atoms with Gasteiger partial charge < -0.3 is 9.15 Å². The summed E-state index contributed by atoms with van der Waals surface area (Å²) >= 11 is 0. The molecule has 19 heavy (non-hydrogen) atoms. The van der Waals surface area contributed by atoms with Crippen LogP contribution in [0.4, 0.5) is 0 Å². The molecule has 96 valence electrons. The van der Waals surface area contributed by atoms with E-state index in [2.05, 4.69) is 5.10 Å². The second-order valence-corrected chi connectivity index (χ2v) is 4.18. The van der Waals surface area contributed by atoms with Gasteiger partial charge in [0, 0.05) is 24.7 Å². The second-order valence-electron chi connectivity index (χ2n) is 4.18. The fourth-order valence-corrected chi connectivity index (χ4v) is 1.97. The number of aromatic nitrogens is 2. The molecule has 0 bridgehead atoms. The Morgan fingerprint density at radius 2 is 2.16 bits per heavy atom. The Labute approximate surface area is 109 Å². The highest BCUT2D eigenvalue weighted by Crippen LogP contribution is 2.25. The summed E-state index contributed by atoms with van der Waals surface area (Å²) in [4.78, 5) is 12.3. The maximum absolute atomic E-state index is 12.3. The minimum Gasteiger partial charge on any atom is -0.497 e. The average molecular weight is 256 g/mol. The summed E-state index contributed by atoms with van der Waals surface area (Å²) in [5, 5.41) is 4.85. The van der Waals surface area contributed by atoms with E-state index in [1.807, 2.05) is 12.1 Å². The van der Waals surface area contributed by atoms with Gasteiger partial charge in [-0.1, -0.05) is 0 Å². The number of benzene rings is 1. The van der Waals surface area contributed by atoms with Crippen LogP contribution in [-0.2, 0) is 7.05 Å². The SMILES string of the molecule is COc1ccc2cc(C(=O)c3ccnn3C)oc2c1. The molecule has 3 rings (SSSR count). The van der Waals surface area contributed by atoms with Gasteiger partial charge in [-0.2, -0.15) is 5.10 Å². The Kier molecular flexibility index (Phi) is 2.59. The first kappa shape index (κ1) is 11.5. The molecule has 0 aliphatic carbocycles. The first-order valence-corrected chi connectivity index (χ1v) is 5.79. The monoisotopic (exact) mass is 256 g/mol. The number of hydrogen-bond acceptors (Lipinski definition) is 4. The molecule has 0 saturated heterocycles. The van der Waals surface area contributed by atoms with E-state index in [1.165, 1.54) is 4.68 Å². The number of carbonyl (C=O) groups excluding carboxylic acids is 1. The molecule has 0 saturated carbocycles. The number of ketones is 1. The lowest BCUT2D eigenvalue weighted by molar-refractivity contribution is 0.100. The van der Waals surface area contributed by atoms with Gasteiger partial charge in [-0.3, -0.25) is 9.48 Å². The molecule has 2 heterocycles. The van der Waals surface area contributed by atoms with Gasteiger partial charge in [0.05, 0.1) is 7.11 Å². The van der Waals surface area contributed by atoms with E-state index >= 15 is 0 Å². The van der Waals surface area contributed by atoms with Crippen LogP contribution < -0.4 is 4.74 Å². The smallest absolute Gasteiger partial charge is 0.246 e. The predicted molar refractivity (Wildman–Crippen MR) is 69.4 cm³/mol. The molecule has 1 aromatic carbocycles. The zero-order valence-electron chi connectivity index (χ0n) is 10.6. The number of hydrogen-bond donors (Lipinski definition) is 0. The van der Waals surface area contributed by atoms with Crippen LogP contribution in [0.25, 0.3) is 11.0 Å². The minimum absolute atomic E-state index is 0.185. The Morgan fingerprint density at radius 1 is 1.32 bits per heavy atom. The van der Waals surface area contributed by atoms with Crippen LogP contribution in [0.15, 0.2) is 40.9 Å². The van der Waals surface area contributed by atoms with Crippen LogP contribution in [0.5, 0.6) is 5.75 Å². The highest BCUT2D eigenvalue weighted by Gasteiger charge is 2.17. The van der Waals surface area contributed by atoms with E-state index in [1.54, 1.807) is 38.6 Å². The minimum atomic E-state index is -0.185. The van der Waals surface area contributed by atoms with Crippen LogP contribution >= 0.6 is 0 Å². The van der Waals surface area contributed by atoms with E-state index in [-0.39, 0.29) is 5.78 Å². The maximum Gasteiger partial charge on any atom is 0.246 e. The normalized spacial score (nSPS) is 10.8. The Morgan fingerprint density at radius 3 is 2.84 bits per heavy atom. The van der Waals surface area contributed by atoms with Crippen molar-refractivity contribution in [2.24, 2.45) is 7.05 Å². The van der Waals surface area contributed by atoms with Crippen molar-refractivity contribution in [2.45, 2.75) is 0 Å². The van der Waals surface area contributed by atoms with Gasteiger partial charge >= 0.3 is 0 Å². The molecule has 0 atom stereocenters. The molecule has 3 aromatic rings. The first-order chi connectivity index (χ1) is 9.19. The maximum atomic E-state index is 12.3. The van der Waals surface area contributed by atoms with E-state index < -0.39 is 0 Å². The zero-order valence-corrected chi connectivity index (χ0v) is 10.6. The van der Waals surface area contributed by atoms with Crippen molar-refractivity contribution in [3.8, 4) is 5.75 Å². The summed E-state index contributed by atoms with van der Waals surface area (Å²) in [6.07, 6.45) is 1.58. The Bertz CT molecular complexity index is 755. The average Bonchev–Trinajstić information content (AvgIpc) is 3.02. The molecular weight excluding hydrogens is 244 g/mol. The zero-order chi connectivity index (χ0) is 13.4. The summed E-state index contributed by atoms with van der Waals surface area (Å²) < 4.78 is 12.2. The first-order valence-electron chi connectivity index (χ1n) is 5.79. The van der Waals surface area contributed by atoms with Gasteiger partial charge in [-0.25, -0.2) is 0 Å². The molecule has 0 spiro atoms. The molecular formula is C14H12N2O3. The Balaban J connectivity index is 2.06. The van der Waals surface area contributed by atoms with Gasteiger partial charge in [0.25, 0.3) is 0 Å². The highest BCUT2D eigenvalue weighted by atomic mass is 16.5. The van der Waals surface area contributed by atoms with Crippen molar-refractivity contribution in [1.29, 1.82) is 0 Å². The van der Waals surface area contributed by atoms with Gasteiger partial charge in [-0.05, 0) is 24.3 Å². The van der Waals surface area contributed by atoms with Crippen molar-refractivity contribution >= 4 is 16.8 Å². The third-order valence-corrected chi connectivity index (χ3v) is 3.00. The molecule has 5 heteroatoms. The Hall–Kier alpha value is -2.56. The summed E-state index contributed by atoms with van der Waals surface area (Å²) in [6, 6.07) is 8.84. The van der Waals surface area contributed by atoms with Gasteiger partial charge in [0.1, 0.15) is 17.0 Å². The number of carbonyl (C=O) groups is 1. The quantitative estimate of drug-likeness (QED) is 0.675. The van der Waals surface area contributed by atoms with Crippen molar-refractivity contribution in [2.75, 3.05) is 7.11 Å². The number of fused-ring (bicyclic) bond motifs is 1. The van der Waals surface area contributed by atoms with E-state index in [9.17, 15) is 4.79 Å². The van der Waals surface area contributed by atoms with Crippen molar-refractivity contribution in [1.82, 2.24) is 9.78 Å². The molecule has 0 amide bonds. The van der Waals surface area contributed by atoms with Crippen molar-refractivity contribution in [3.63, 3.8) is 0 Å². The number of ether oxygens (including phenoxy) is 1. The summed E-state index contributed by atoms with van der Waals surface area (Å²) in [7, 11) is 3.31. The molecule has 0 aliphatic heterocycles. The molecule has 0 N–H and O–H groups in total. The van der Waals surface area contributed by atoms with Gasteiger partial charge in [0.15, 0.2) is 5.76 Å². The lowest BCUT2D eigenvalue weighted by Crippen LogP contribution is -2.07. The fraction of sp³-hybridized carbons (Fsp3) is 0.143. The van der Waals surface area contributed by atoms with E-state index in [0.717, 1.165) is 5.39 Å². The van der Waals surface area contributed by atoms with Crippen LogP contribution in [0, 0.1) is 0 Å². The number of aryl methyl sites for hydroxylation is 1. The fourth-order valence-electron chi connectivity index (χ4n) is 1.97. The van der Waals surface area contributed by atoms with Crippen LogP contribution in [0.1, 0.15) is 16.2 Å². The molecule has 5 nitrogen and oxygen atoms in total. The number of rotatable bonds is 3. The summed E-state index contributed by atoms with van der Waals surface area (Å²) in [5.41, 5.74) is 1.12. The van der Waals surface area contributed by atoms with E-state index in [0.29, 0.717) is 22.8 Å². The molecule has 0 radical (unpaired) electrons. The molecule has 2 aromatic heterocycles. The number of methoxy groups -OCH3 is 1. The number of nitrogens with zero attached hydrogens (tertiary/aromatic N) is 2. The topological polar surface area (TPSA) is 57.3 Å². The highest BCUT2D eigenvalue weighted by molar-refractivity contribution is 6.07. The number of furan rings is 1. The van der Waals surface area contributed by atoms with E-state index in [4.69, 9.17) is 9.15 Å². The van der Waals surface area contributed by atoms with Crippen molar-refractivity contribution in [3.05, 3.63) is 48.0 Å². The van der Waals surface area contributed by atoms with Crippen LogP contribution in [0.2, 0.25) is 0 Å². The standard InChI is InChI=1S/C14H12N2O3/c1-16-11(5-6-15-16)14(17)13-7-9-3-4-10(18-2)8-12(9)19-13/h3-8H,1-2H3. The van der Waals surface area contributed by atoms with Gasteiger partial charge in [0.2, 0.25) is 5.78 Å². The van der Waals surface area contributed by atoms with Crippen LogP contribution in [0.3, 0.4) is 0 Å². The van der Waals surface area contributed by atoms with Crippen LogP contribution in [-0.4, -0.2) is 22.7 Å². The molecule has 0 aliphatic rings. The third-order valence-electron chi connectivity index (χ3n) is 3.00. The van der Waals surface area contributed by atoms with Gasteiger partial charge in [-0.15, -0.1) is 0 Å². The second kappa shape index (κ2) is 4.28. The largest absolute Gasteiger partial charge is 0.497 e. The lowest BCUT2D eigenvalue weighted by Gasteiger charge is -1.97. The lowest BCUT2D eigenvalue weighted by atomic mass is 10.2. The summed E-state index contributed by atoms with van der Waals surface area (Å²) in [6.45, 7) is 0. The summed E-state index contributed by atoms with van der Waals surface area (Å²) in [5.74, 6) is 0.809. The molecule has 0 unspecified atom stereocenters.